The van der Waals surface area contributed by atoms with Gasteiger partial charge >= 0.3 is 6.18 Å². The third-order valence-corrected chi connectivity index (χ3v) is 5.66. The fourth-order valence-corrected chi connectivity index (χ4v) is 3.91. The smallest absolute Gasteiger partial charge is 0.418 e. The van der Waals surface area contributed by atoms with Gasteiger partial charge in [-0.05, 0) is 40.8 Å². The minimum atomic E-state index is -5.02. The molecule has 1 heterocycles. The summed E-state index contributed by atoms with van der Waals surface area (Å²) in [7, 11) is -4.15. The van der Waals surface area contributed by atoms with Crippen LogP contribution in [0, 0.1) is 5.82 Å². The molecule has 6 nitrogen and oxygen atoms in total. The number of ether oxygens (including phenoxy) is 1. The Balaban J connectivity index is 1.80. The fourth-order valence-electron chi connectivity index (χ4n) is 3.33. The lowest BCUT2D eigenvalue weighted by Gasteiger charge is -2.23. The summed E-state index contributed by atoms with van der Waals surface area (Å²) < 4.78 is 84.5. The Morgan fingerprint density at radius 3 is 2.38 bits per heavy atom. The monoisotopic (exact) mass is 500 g/mol. The predicted octanol–water partition coefficient (Wildman–Crippen LogP) is 4.61. The number of carbonyl (C=O) groups is 1. The molecule has 2 aromatic rings. The van der Waals surface area contributed by atoms with Crippen molar-refractivity contribution in [2.24, 2.45) is 0 Å². The van der Waals surface area contributed by atoms with E-state index in [0.29, 0.717) is 23.6 Å². The highest BCUT2D eigenvalue weighted by molar-refractivity contribution is 7.92. The van der Waals surface area contributed by atoms with Gasteiger partial charge in [0.05, 0.1) is 23.1 Å². The first-order valence-corrected chi connectivity index (χ1v) is 12.1. The Kier molecular flexibility index (Phi) is 6.71. The highest BCUT2D eigenvalue weighted by atomic mass is 32.2. The number of benzene rings is 2. The lowest BCUT2D eigenvalue weighted by molar-refractivity contribution is -0.137. The van der Waals surface area contributed by atoms with Crippen LogP contribution in [0.2, 0.25) is 0 Å². The van der Waals surface area contributed by atoms with Crippen molar-refractivity contribution in [3.05, 3.63) is 64.0 Å². The molecule has 1 aliphatic rings. The summed E-state index contributed by atoms with van der Waals surface area (Å²) in [6, 6.07) is 6.96. The van der Waals surface area contributed by atoms with Gasteiger partial charge in [-0.3, -0.25) is 9.52 Å². The van der Waals surface area contributed by atoms with Crippen LogP contribution in [0.1, 0.15) is 43.0 Å². The second-order valence-electron chi connectivity index (χ2n) is 9.02. The van der Waals surface area contributed by atoms with E-state index in [0.717, 1.165) is 11.6 Å². The molecule has 2 N–H and O–H groups in total. The SMILES string of the molecule is CC(C)(C)c1ccc2c(c1)OCC(C(=O)NCc1cc(F)c(NS(C)(=O)=O)c(C(F)(F)F)c1)=C2. The van der Waals surface area contributed by atoms with Gasteiger partial charge in [0.25, 0.3) is 5.91 Å². The molecule has 0 spiro atoms. The zero-order valence-corrected chi connectivity index (χ0v) is 19.7. The van der Waals surface area contributed by atoms with Crippen LogP contribution in [-0.2, 0) is 33.0 Å². The Labute approximate surface area is 195 Å². The molecule has 34 heavy (non-hydrogen) atoms. The molecule has 2 aromatic carbocycles. The van der Waals surface area contributed by atoms with Crippen LogP contribution in [0.5, 0.6) is 5.75 Å². The van der Waals surface area contributed by atoms with Gasteiger partial charge in [0, 0.05) is 12.1 Å². The van der Waals surface area contributed by atoms with Gasteiger partial charge in [-0.2, -0.15) is 13.2 Å². The molecule has 0 atom stereocenters. The van der Waals surface area contributed by atoms with Gasteiger partial charge in [-0.1, -0.05) is 32.9 Å². The van der Waals surface area contributed by atoms with Gasteiger partial charge in [0.15, 0.2) is 0 Å². The highest BCUT2D eigenvalue weighted by Crippen LogP contribution is 2.38. The van der Waals surface area contributed by atoms with Crippen LogP contribution in [0.4, 0.5) is 23.2 Å². The normalized spacial score (nSPS) is 14.1. The molecule has 11 heteroatoms. The van der Waals surface area contributed by atoms with E-state index in [1.165, 1.54) is 0 Å². The number of anilines is 1. The number of sulfonamides is 1. The van der Waals surface area contributed by atoms with E-state index < -0.39 is 45.7 Å². The van der Waals surface area contributed by atoms with Crippen molar-refractivity contribution in [3.8, 4) is 5.75 Å². The number of rotatable bonds is 5. The van der Waals surface area contributed by atoms with E-state index in [2.05, 4.69) is 26.1 Å². The topological polar surface area (TPSA) is 84.5 Å². The summed E-state index contributed by atoms with van der Waals surface area (Å²) in [5, 5.41) is 2.45. The van der Waals surface area contributed by atoms with Gasteiger partial charge in [0.2, 0.25) is 10.0 Å². The maximum absolute atomic E-state index is 14.4. The van der Waals surface area contributed by atoms with Crippen molar-refractivity contribution in [1.82, 2.24) is 5.32 Å². The largest absolute Gasteiger partial charge is 0.488 e. The molecule has 3 rings (SSSR count). The van der Waals surface area contributed by atoms with Crippen molar-refractivity contribution in [2.75, 3.05) is 17.6 Å². The highest BCUT2D eigenvalue weighted by Gasteiger charge is 2.36. The Morgan fingerprint density at radius 1 is 1.12 bits per heavy atom. The summed E-state index contributed by atoms with van der Waals surface area (Å²) in [4.78, 5) is 12.6. The Morgan fingerprint density at radius 2 is 1.79 bits per heavy atom. The number of hydrogen-bond acceptors (Lipinski definition) is 4. The lowest BCUT2D eigenvalue weighted by atomic mass is 9.86. The van der Waals surface area contributed by atoms with Crippen molar-refractivity contribution >= 4 is 27.7 Å². The van der Waals surface area contributed by atoms with Crippen LogP contribution in [0.25, 0.3) is 6.08 Å². The average Bonchev–Trinajstić information content (AvgIpc) is 2.70. The maximum Gasteiger partial charge on any atom is 0.418 e. The van der Waals surface area contributed by atoms with Crippen LogP contribution in [-0.4, -0.2) is 27.2 Å². The standard InChI is InChI=1S/C23H24F4N2O4S/c1-22(2,3)16-6-5-14-9-15(12-33-19(14)10-16)21(30)28-11-13-7-17(23(25,26)27)20(18(24)8-13)29-34(4,31)32/h5-10,29H,11-12H2,1-4H3,(H,28,30). The van der Waals surface area contributed by atoms with Gasteiger partial charge in [0.1, 0.15) is 18.2 Å². The third kappa shape index (κ3) is 6.07. The minimum Gasteiger partial charge on any atom is -0.488 e. The van der Waals surface area contributed by atoms with Gasteiger partial charge in [-0.25, -0.2) is 12.8 Å². The van der Waals surface area contributed by atoms with E-state index in [-0.39, 0.29) is 23.2 Å². The molecule has 0 saturated heterocycles. The molecular weight excluding hydrogens is 476 g/mol. The van der Waals surface area contributed by atoms with E-state index in [1.807, 2.05) is 18.2 Å². The summed E-state index contributed by atoms with van der Waals surface area (Å²) >= 11 is 0. The van der Waals surface area contributed by atoms with E-state index in [4.69, 9.17) is 4.74 Å². The molecule has 0 unspecified atom stereocenters. The lowest BCUT2D eigenvalue weighted by Crippen LogP contribution is -2.28. The van der Waals surface area contributed by atoms with Crippen LogP contribution in [0.15, 0.2) is 35.9 Å². The van der Waals surface area contributed by atoms with Crippen molar-refractivity contribution in [1.29, 1.82) is 0 Å². The van der Waals surface area contributed by atoms with Crippen LogP contribution >= 0.6 is 0 Å². The number of hydrogen-bond donors (Lipinski definition) is 2. The number of amides is 1. The zero-order valence-electron chi connectivity index (χ0n) is 18.9. The molecular formula is C23H24F4N2O4S. The number of alkyl halides is 3. The average molecular weight is 501 g/mol. The summed E-state index contributed by atoms with van der Waals surface area (Å²) in [5.74, 6) is -1.37. The molecule has 0 fully saturated rings. The van der Waals surface area contributed by atoms with E-state index >= 15 is 0 Å². The molecule has 0 saturated carbocycles. The van der Waals surface area contributed by atoms with Crippen molar-refractivity contribution < 1.29 is 35.5 Å². The molecule has 1 amide bonds. The molecule has 0 aliphatic carbocycles. The van der Waals surface area contributed by atoms with Crippen LogP contribution < -0.4 is 14.8 Å². The zero-order chi connectivity index (χ0) is 25.5. The Hall–Kier alpha value is -3.08. The third-order valence-electron chi connectivity index (χ3n) is 5.08. The molecule has 184 valence electrons. The summed E-state index contributed by atoms with van der Waals surface area (Å²) in [5.41, 5.74) is -0.968. The molecule has 1 aliphatic heterocycles. The molecule has 0 aromatic heterocycles. The van der Waals surface area contributed by atoms with Crippen molar-refractivity contribution in [2.45, 2.75) is 38.9 Å². The Bertz CT molecular complexity index is 1260. The number of carbonyl (C=O) groups excluding carboxylic acids is 1. The van der Waals surface area contributed by atoms with E-state index in [1.54, 1.807) is 10.8 Å². The summed E-state index contributed by atoms with van der Waals surface area (Å²) in [6.07, 6.45) is -2.78. The maximum atomic E-state index is 14.4. The van der Waals surface area contributed by atoms with Crippen molar-refractivity contribution in [3.63, 3.8) is 0 Å². The van der Waals surface area contributed by atoms with E-state index in [9.17, 15) is 30.8 Å². The predicted molar refractivity (Wildman–Crippen MR) is 120 cm³/mol. The number of fused-ring (bicyclic) bond motifs is 1. The second-order valence-corrected chi connectivity index (χ2v) is 10.8. The molecule has 0 radical (unpaired) electrons. The first-order valence-electron chi connectivity index (χ1n) is 10.2. The minimum absolute atomic E-state index is 0.0359. The second kappa shape index (κ2) is 8.94. The fraction of sp³-hybridized carbons (Fsp3) is 0.348. The van der Waals surface area contributed by atoms with Gasteiger partial charge < -0.3 is 10.1 Å². The van der Waals surface area contributed by atoms with Crippen LogP contribution in [0.3, 0.4) is 0 Å². The van der Waals surface area contributed by atoms with Gasteiger partial charge in [-0.15, -0.1) is 0 Å². The number of halogens is 4. The summed E-state index contributed by atoms with van der Waals surface area (Å²) in [6.45, 7) is 5.73. The first-order chi connectivity index (χ1) is 15.5. The number of nitrogens with one attached hydrogen (secondary N) is 2. The molecule has 0 bridgehead atoms. The first kappa shape index (κ1) is 25.5. The quantitative estimate of drug-likeness (QED) is 0.588.